The van der Waals surface area contributed by atoms with Crippen molar-refractivity contribution in [1.82, 2.24) is 14.9 Å². The van der Waals surface area contributed by atoms with Crippen LogP contribution in [0.5, 0.6) is 0 Å². The van der Waals surface area contributed by atoms with Gasteiger partial charge in [-0.1, -0.05) is 29.8 Å². The highest BCUT2D eigenvalue weighted by Gasteiger charge is 2.33. The second kappa shape index (κ2) is 8.02. The van der Waals surface area contributed by atoms with Crippen molar-refractivity contribution in [1.29, 1.82) is 0 Å². The number of carbonyl (C=O) groups is 1. The number of hydrogen-bond acceptors (Lipinski definition) is 2. The quantitative estimate of drug-likeness (QED) is 0.537. The number of aromatic nitrogens is 2. The van der Waals surface area contributed by atoms with E-state index in [1.807, 2.05) is 0 Å². The van der Waals surface area contributed by atoms with Crippen LogP contribution in [0.2, 0.25) is 5.02 Å². The van der Waals surface area contributed by atoms with E-state index in [2.05, 4.69) is 10.3 Å². The molecule has 0 bridgehead atoms. The lowest BCUT2D eigenvalue weighted by atomic mass is 10.1. The van der Waals surface area contributed by atoms with Crippen LogP contribution in [0.1, 0.15) is 27.2 Å². The van der Waals surface area contributed by atoms with Gasteiger partial charge in [0.15, 0.2) is 5.82 Å². The summed E-state index contributed by atoms with van der Waals surface area (Å²) in [6.45, 7) is -0.409. The molecular weight excluding hydrogens is 436 g/mol. The summed E-state index contributed by atoms with van der Waals surface area (Å²) in [4.78, 5) is 16.2. The van der Waals surface area contributed by atoms with E-state index < -0.39 is 35.9 Å². The predicted molar refractivity (Wildman–Crippen MR) is 96.2 cm³/mol. The number of hydrogen-bond donors (Lipinski definition) is 1. The van der Waals surface area contributed by atoms with Gasteiger partial charge in [-0.2, -0.15) is 26.3 Å². The molecule has 0 saturated heterocycles. The molecule has 0 atom stereocenters. The summed E-state index contributed by atoms with van der Waals surface area (Å²) in [7, 11) is 0. The third kappa shape index (κ3) is 4.59. The second-order valence-electron chi connectivity index (χ2n) is 6.13. The molecule has 2 heterocycles. The average molecular weight is 448 g/mol. The molecule has 1 amide bonds. The minimum Gasteiger partial charge on any atom is -0.347 e. The lowest BCUT2D eigenvalue weighted by Gasteiger charge is -2.14. The molecule has 0 spiro atoms. The molecule has 0 fully saturated rings. The number of benzene rings is 1. The minimum absolute atomic E-state index is 0.0614. The van der Waals surface area contributed by atoms with Crippen LogP contribution in [0.15, 0.2) is 54.9 Å². The molecule has 4 nitrogen and oxygen atoms in total. The third-order valence-electron chi connectivity index (χ3n) is 4.12. The van der Waals surface area contributed by atoms with Crippen molar-refractivity contribution >= 4 is 17.5 Å². The Bertz CT molecular complexity index is 1070. The van der Waals surface area contributed by atoms with Crippen LogP contribution >= 0.6 is 11.6 Å². The molecule has 30 heavy (non-hydrogen) atoms. The smallest absolute Gasteiger partial charge is 0.347 e. The molecular formula is C19H12ClF6N3O. The maximum atomic E-state index is 13.1. The van der Waals surface area contributed by atoms with E-state index >= 15 is 0 Å². The van der Waals surface area contributed by atoms with Crippen molar-refractivity contribution in [2.45, 2.75) is 18.9 Å². The topological polar surface area (TPSA) is 46.9 Å². The number of nitrogens with zero attached hydrogens (tertiary/aromatic N) is 2. The summed E-state index contributed by atoms with van der Waals surface area (Å²) in [5.74, 6) is -0.884. The van der Waals surface area contributed by atoms with Crippen LogP contribution in [0.3, 0.4) is 0 Å². The van der Waals surface area contributed by atoms with Crippen molar-refractivity contribution in [3.05, 3.63) is 82.3 Å². The Morgan fingerprint density at radius 3 is 2.37 bits per heavy atom. The highest BCUT2D eigenvalue weighted by atomic mass is 35.5. The van der Waals surface area contributed by atoms with Crippen LogP contribution in [0.4, 0.5) is 26.3 Å². The number of pyridine rings is 1. The lowest BCUT2D eigenvalue weighted by Crippen LogP contribution is -2.26. The van der Waals surface area contributed by atoms with Crippen LogP contribution in [0.25, 0.3) is 5.82 Å². The first-order valence-corrected chi connectivity index (χ1v) is 8.70. The zero-order chi connectivity index (χ0) is 22.1. The molecule has 0 saturated carbocycles. The maximum absolute atomic E-state index is 13.1. The number of carbonyl (C=O) groups excluding carboxylic acids is 1. The molecule has 1 N–H and O–H groups in total. The van der Waals surface area contributed by atoms with Crippen LogP contribution < -0.4 is 5.32 Å². The van der Waals surface area contributed by atoms with E-state index in [-0.39, 0.29) is 22.1 Å². The molecule has 0 radical (unpaired) electrons. The zero-order valence-corrected chi connectivity index (χ0v) is 15.6. The third-order valence-corrected chi connectivity index (χ3v) is 4.40. The normalized spacial score (nSPS) is 12.1. The molecule has 0 aliphatic rings. The maximum Gasteiger partial charge on any atom is 0.417 e. The summed E-state index contributed by atoms with van der Waals surface area (Å²) >= 11 is 5.91. The lowest BCUT2D eigenvalue weighted by molar-refractivity contribution is -0.138. The molecule has 158 valence electrons. The Morgan fingerprint density at radius 2 is 1.73 bits per heavy atom. The van der Waals surface area contributed by atoms with Crippen molar-refractivity contribution in [3.8, 4) is 5.82 Å². The van der Waals surface area contributed by atoms with E-state index in [0.717, 1.165) is 10.6 Å². The van der Waals surface area contributed by atoms with Gasteiger partial charge in [0.1, 0.15) is 5.69 Å². The van der Waals surface area contributed by atoms with Crippen molar-refractivity contribution in [2.24, 2.45) is 0 Å². The molecule has 0 aliphatic carbocycles. The van der Waals surface area contributed by atoms with E-state index in [0.29, 0.717) is 12.3 Å². The summed E-state index contributed by atoms with van der Waals surface area (Å²) in [6, 6.07) is 8.20. The Balaban J connectivity index is 1.84. The van der Waals surface area contributed by atoms with E-state index in [9.17, 15) is 31.1 Å². The zero-order valence-electron chi connectivity index (χ0n) is 14.9. The Kier molecular flexibility index (Phi) is 5.80. The van der Waals surface area contributed by atoms with Gasteiger partial charge in [-0.05, 0) is 29.8 Å². The first kappa shape index (κ1) is 21.7. The summed E-state index contributed by atoms with van der Waals surface area (Å²) in [6.07, 6.45) is -7.31. The first-order valence-electron chi connectivity index (χ1n) is 8.32. The summed E-state index contributed by atoms with van der Waals surface area (Å²) in [5.41, 5.74) is -2.14. The second-order valence-corrected chi connectivity index (χ2v) is 6.54. The number of amides is 1. The largest absolute Gasteiger partial charge is 0.417 e. The van der Waals surface area contributed by atoms with Gasteiger partial charge in [0, 0.05) is 18.9 Å². The van der Waals surface area contributed by atoms with Crippen molar-refractivity contribution in [3.63, 3.8) is 0 Å². The van der Waals surface area contributed by atoms with Gasteiger partial charge in [0.05, 0.1) is 16.1 Å². The highest BCUT2D eigenvalue weighted by molar-refractivity contribution is 6.32. The Labute approximate surface area is 171 Å². The van der Waals surface area contributed by atoms with Gasteiger partial charge < -0.3 is 5.32 Å². The van der Waals surface area contributed by atoms with Gasteiger partial charge in [0.2, 0.25) is 0 Å². The van der Waals surface area contributed by atoms with Gasteiger partial charge >= 0.3 is 12.4 Å². The number of nitrogens with one attached hydrogen (secondary N) is 1. The van der Waals surface area contributed by atoms with Crippen molar-refractivity contribution in [2.75, 3.05) is 0 Å². The fourth-order valence-corrected chi connectivity index (χ4v) is 2.99. The highest BCUT2D eigenvalue weighted by Crippen LogP contribution is 2.33. The van der Waals surface area contributed by atoms with Crippen molar-refractivity contribution < 1.29 is 31.1 Å². The van der Waals surface area contributed by atoms with Gasteiger partial charge in [-0.3, -0.25) is 9.36 Å². The molecule has 0 aliphatic heterocycles. The van der Waals surface area contributed by atoms with Gasteiger partial charge in [-0.15, -0.1) is 0 Å². The minimum atomic E-state index is -4.64. The predicted octanol–water partition coefficient (Wildman–Crippen LogP) is 5.49. The van der Waals surface area contributed by atoms with E-state index in [1.54, 1.807) is 0 Å². The van der Waals surface area contributed by atoms with Gasteiger partial charge in [-0.25, -0.2) is 4.98 Å². The van der Waals surface area contributed by atoms with Crippen LogP contribution in [-0.2, 0) is 18.9 Å². The molecule has 2 aromatic heterocycles. The Morgan fingerprint density at radius 1 is 1.03 bits per heavy atom. The van der Waals surface area contributed by atoms with Gasteiger partial charge in [0.25, 0.3) is 5.91 Å². The number of alkyl halides is 6. The SMILES string of the molecule is O=C(NCc1ccccc1C(F)(F)F)c1cccn1-c1ncc(C(F)(F)F)cc1Cl. The van der Waals surface area contributed by atoms with Crippen LogP contribution in [-0.4, -0.2) is 15.5 Å². The average Bonchev–Trinajstić information content (AvgIpc) is 3.14. The molecule has 0 unspecified atom stereocenters. The number of halogens is 7. The monoisotopic (exact) mass is 447 g/mol. The standard InChI is InChI=1S/C19H12ClF6N3O/c20-14-8-12(18(21,22)23)10-27-16(14)29-7-3-6-15(29)17(30)28-9-11-4-1-2-5-13(11)19(24,25)26/h1-8,10H,9H2,(H,28,30). The molecule has 11 heteroatoms. The molecule has 1 aromatic carbocycles. The van der Waals surface area contributed by atoms with E-state index in [1.165, 1.54) is 36.5 Å². The molecule has 3 aromatic rings. The number of rotatable bonds is 4. The van der Waals surface area contributed by atoms with Crippen LogP contribution in [0, 0.1) is 0 Å². The fraction of sp³-hybridized carbons (Fsp3) is 0.158. The summed E-state index contributed by atoms with van der Waals surface area (Å²) in [5, 5.41) is 2.02. The first-order chi connectivity index (χ1) is 14.0. The fourth-order valence-electron chi connectivity index (χ4n) is 2.73. The Hall–Kier alpha value is -3.01. The molecule has 3 rings (SSSR count). The summed E-state index contributed by atoms with van der Waals surface area (Å²) < 4.78 is 78.7. The van der Waals surface area contributed by atoms with E-state index in [4.69, 9.17) is 11.6 Å².